The van der Waals surface area contributed by atoms with E-state index in [0.29, 0.717) is 18.2 Å². The minimum Gasteiger partial charge on any atom is -0.309 e. The number of rotatable bonds is 3. The summed E-state index contributed by atoms with van der Waals surface area (Å²) in [6.07, 6.45) is 0.505. The van der Waals surface area contributed by atoms with Crippen LogP contribution >= 0.6 is 0 Å². The van der Waals surface area contributed by atoms with Gasteiger partial charge in [-0.25, -0.2) is 0 Å². The van der Waals surface area contributed by atoms with Gasteiger partial charge in [0.2, 0.25) is 5.91 Å². The molecule has 0 radical (unpaired) electrons. The fraction of sp³-hybridized carbons (Fsp3) is 0.467. The molecule has 0 spiro atoms. The molecular formula is C15H21N3O. The lowest BCUT2D eigenvalue weighted by atomic mass is 9.80. The molecular weight excluding hydrogens is 238 g/mol. The summed E-state index contributed by atoms with van der Waals surface area (Å²) in [5.41, 5.74) is 1.06. The lowest BCUT2D eigenvalue weighted by molar-refractivity contribution is -0.117. The first-order valence-corrected chi connectivity index (χ1v) is 6.61. The van der Waals surface area contributed by atoms with E-state index < -0.39 is 0 Å². The number of nitrogens with one attached hydrogen (secondary N) is 2. The van der Waals surface area contributed by atoms with Crippen molar-refractivity contribution in [2.24, 2.45) is 11.3 Å². The quantitative estimate of drug-likeness (QED) is 0.885. The summed E-state index contributed by atoms with van der Waals surface area (Å²) >= 11 is 0. The minimum absolute atomic E-state index is 0.0136. The van der Waals surface area contributed by atoms with Crippen LogP contribution in [-0.4, -0.2) is 16.1 Å². The van der Waals surface area contributed by atoms with Gasteiger partial charge < -0.3 is 5.32 Å². The molecule has 2 N–H and O–H groups in total. The molecule has 102 valence electrons. The van der Waals surface area contributed by atoms with E-state index >= 15 is 0 Å². The van der Waals surface area contributed by atoms with Crippen molar-refractivity contribution in [3.8, 4) is 0 Å². The Bertz CT molecular complexity index is 580. The maximum Gasteiger partial charge on any atom is 0.225 e. The van der Waals surface area contributed by atoms with E-state index in [1.165, 1.54) is 0 Å². The number of nitrogens with zero attached hydrogens (tertiary/aromatic N) is 1. The Balaban J connectivity index is 2.07. The molecule has 0 aliphatic carbocycles. The van der Waals surface area contributed by atoms with Gasteiger partial charge in [0.05, 0.1) is 5.52 Å². The van der Waals surface area contributed by atoms with Crippen molar-refractivity contribution in [2.45, 2.75) is 34.1 Å². The third-order valence-electron chi connectivity index (χ3n) is 3.70. The number of benzene rings is 1. The summed E-state index contributed by atoms with van der Waals surface area (Å²) in [5.74, 6) is 0.944. The van der Waals surface area contributed by atoms with Crippen LogP contribution in [-0.2, 0) is 4.79 Å². The fourth-order valence-corrected chi connectivity index (χ4v) is 1.83. The van der Waals surface area contributed by atoms with Gasteiger partial charge in [0.25, 0.3) is 0 Å². The van der Waals surface area contributed by atoms with E-state index in [1.807, 2.05) is 24.3 Å². The highest BCUT2D eigenvalue weighted by atomic mass is 16.1. The second-order valence-corrected chi connectivity index (χ2v) is 6.14. The summed E-state index contributed by atoms with van der Waals surface area (Å²) in [6, 6.07) is 7.76. The number of amides is 1. The number of para-hydroxylation sites is 1. The van der Waals surface area contributed by atoms with Crippen molar-refractivity contribution in [1.82, 2.24) is 10.2 Å². The highest BCUT2D eigenvalue weighted by molar-refractivity contribution is 5.99. The molecule has 1 heterocycles. The largest absolute Gasteiger partial charge is 0.309 e. The number of aromatic nitrogens is 2. The van der Waals surface area contributed by atoms with Gasteiger partial charge in [-0.05, 0) is 23.5 Å². The summed E-state index contributed by atoms with van der Waals surface area (Å²) in [4.78, 5) is 12.0. The maximum atomic E-state index is 12.0. The lowest BCUT2D eigenvalue weighted by Crippen LogP contribution is -2.24. The number of hydrogen-bond donors (Lipinski definition) is 2. The smallest absolute Gasteiger partial charge is 0.225 e. The highest BCUT2D eigenvalue weighted by Gasteiger charge is 2.23. The Hall–Kier alpha value is -1.84. The van der Waals surface area contributed by atoms with E-state index in [0.717, 1.165) is 10.9 Å². The monoisotopic (exact) mass is 259 g/mol. The van der Waals surface area contributed by atoms with Crippen LogP contribution in [0, 0.1) is 11.3 Å². The molecule has 0 aliphatic rings. The Kier molecular flexibility index (Phi) is 3.60. The average Bonchev–Trinajstić information content (AvgIpc) is 2.71. The molecule has 0 saturated heterocycles. The van der Waals surface area contributed by atoms with Crippen molar-refractivity contribution < 1.29 is 4.79 Å². The first-order valence-electron chi connectivity index (χ1n) is 6.61. The third kappa shape index (κ3) is 3.13. The van der Waals surface area contributed by atoms with E-state index in [1.54, 1.807) is 0 Å². The van der Waals surface area contributed by atoms with Gasteiger partial charge in [-0.15, -0.1) is 0 Å². The molecule has 1 aromatic carbocycles. The van der Waals surface area contributed by atoms with Crippen molar-refractivity contribution in [1.29, 1.82) is 0 Å². The van der Waals surface area contributed by atoms with Crippen molar-refractivity contribution in [2.75, 3.05) is 5.32 Å². The molecule has 19 heavy (non-hydrogen) atoms. The second-order valence-electron chi connectivity index (χ2n) is 6.14. The second kappa shape index (κ2) is 5.03. The first kappa shape index (κ1) is 13.6. The number of carbonyl (C=O) groups excluding carboxylic acids is 1. The zero-order valence-corrected chi connectivity index (χ0v) is 11.9. The maximum absolute atomic E-state index is 12.0. The molecule has 0 saturated carbocycles. The molecule has 1 amide bonds. The summed E-state index contributed by atoms with van der Waals surface area (Å²) in [7, 11) is 0. The zero-order chi connectivity index (χ0) is 14.0. The highest BCUT2D eigenvalue weighted by Crippen LogP contribution is 2.28. The van der Waals surface area contributed by atoms with Crippen LogP contribution in [0.2, 0.25) is 0 Å². The number of H-pyrrole nitrogens is 1. The number of hydrogen-bond acceptors (Lipinski definition) is 2. The van der Waals surface area contributed by atoms with Gasteiger partial charge in [0.1, 0.15) is 0 Å². The van der Waals surface area contributed by atoms with E-state index in [-0.39, 0.29) is 11.3 Å². The number of carbonyl (C=O) groups is 1. The summed E-state index contributed by atoms with van der Waals surface area (Å²) < 4.78 is 0. The van der Waals surface area contributed by atoms with Crippen molar-refractivity contribution in [3.63, 3.8) is 0 Å². The zero-order valence-electron chi connectivity index (χ0n) is 11.9. The Morgan fingerprint density at radius 1 is 1.37 bits per heavy atom. The fourth-order valence-electron chi connectivity index (χ4n) is 1.83. The van der Waals surface area contributed by atoms with Crippen molar-refractivity contribution in [3.05, 3.63) is 24.3 Å². The van der Waals surface area contributed by atoms with Crippen LogP contribution < -0.4 is 5.32 Å². The number of fused-ring (bicyclic) bond motifs is 1. The summed E-state index contributed by atoms with van der Waals surface area (Å²) in [6.45, 7) is 8.54. The molecule has 0 bridgehead atoms. The van der Waals surface area contributed by atoms with Crippen LogP contribution in [0.1, 0.15) is 34.1 Å². The minimum atomic E-state index is 0.0136. The lowest BCUT2D eigenvalue weighted by Gasteiger charge is -2.26. The molecule has 2 aromatic rings. The first-order chi connectivity index (χ1) is 8.88. The predicted octanol–water partition coefficient (Wildman–Crippen LogP) is 3.57. The van der Waals surface area contributed by atoms with Gasteiger partial charge in [-0.3, -0.25) is 9.89 Å². The molecule has 2 rings (SSSR count). The Morgan fingerprint density at radius 3 is 2.74 bits per heavy atom. The molecule has 0 aliphatic heterocycles. The van der Waals surface area contributed by atoms with Gasteiger partial charge in [-0.1, -0.05) is 39.8 Å². The van der Waals surface area contributed by atoms with Crippen molar-refractivity contribution >= 4 is 22.6 Å². The summed E-state index contributed by atoms with van der Waals surface area (Å²) in [5, 5.41) is 10.9. The molecule has 4 heteroatoms. The molecule has 1 unspecified atom stereocenters. The van der Waals surface area contributed by atoms with Gasteiger partial charge >= 0.3 is 0 Å². The van der Waals surface area contributed by atoms with Gasteiger partial charge in [-0.2, -0.15) is 5.10 Å². The van der Waals surface area contributed by atoms with Crippen LogP contribution in [0.3, 0.4) is 0 Å². The molecule has 0 fully saturated rings. The molecule has 1 atom stereocenters. The normalized spacial score (nSPS) is 13.5. The Labute approximate surface area is 113 Å². The van der Waals surface area contributed by atoms with Crippen LogP contribution in [0.25, 0.3) is 10.9 Å². The standard InChI is InChI=1S/C15H21N3O/c1-10(15(2,3)4)9-13(19)16-14-11-7-5-6-8-12(11)17-18-14/h5-8,10H,9H2,1-4H3,(H2,16,17,18,19). The van der Waals surface area contributed by atoms with E-state index in [4.69, 9.17) is 0 Å². The van der Waals surface area contributed by atoms with Crippen LogP contribution in [0.5, 0.6) is 0 Å². The third-order valence-corrected chi connectivity index (χ3v) is 3.70. The van der Waals surface area contributed by atoms with E-state index in [9.17, 15) is 4.79 Å². The van der Waals surface area contributed by atoms with Crippen LogP contribution in [0.15, 0.2) is 24.3 Å². The van der Waals surface area contributed by atoms with Crippen LogP contribution in [0.4, 0.5) is 5.82 Å². The molecule has 1 aromatic heterocycles. The topological polar surface area (TPSA) is 57.8 Å². The van der Waals surface area contributed by atoms with Gasteiger partial charge in [0.15, 0.2) is 5.82 Å². The van der Waals surface area contributed by atoms with Gasteiger partial charge in [0, 0.05) is 11.8 Å². The number of aromatic amines is 1. The predicted molar refractivity (Wildman–Crippen MR) is 78.0 cm³/mol. The molecule has 4 nitrogen and oxygen atoms in total. The van der Waals surface area contributed by atoms with E-state index in [2.05, 4.69) is 43.2 Å². The Morgan fingerprint density at radius 2 is 2.05 bits per heavy atom. The number of anilines is 1. The average molecular weight is 259 g/mol. The SMILES string of the molecule is CC(CC(=O)Nc1n[nH]c2ccccc12)C(C)(C)C.